The second-order valence-electron chi connectivity index (χ2n) is 5.17. The largest absolute Gasteiger partial charge is 0.390 e. The summed E-state index contributed by atoms with van der Waals surface area (Å²) < 4.78 is 7.17. The molecule has 4 atom stereocenters. The predicted octanol–water partition coefficient (Wildman–Crippen LogP) is -0.0966. The Bertz CT molecular complexity index is 576. The van der Waals surface area contributed by atoms with Crippen LogP contribution in [0.5, 0.6) is 0 Å². The standard InChI is InChI=1S/C12H16N2O4/c1-6-5-14(12(17)13-11(6)16)9-4-7-2-3-8(15)10(7)18-9/h5,7-10,15H,2-4H2,1H3,(H,13,16,17)/t7-,8-,9?,10+/m1/s1. The number of rotatable bonds is 1. The van der Waals surface area contributed by atoms with E-state index in [1.165, 1.54) is 10.8 Å². The lowest BCUT2D eigenvalue weighted by molar-refractivity contribution is -0.0555. The lowest BCUT2D eigenvalue weighted by atomic mass is 10.0. The number of aliphatic hydroxyl groups is 1. The average Bonchev–Trinajstić information content (AvgIpc) is 2.87. The predicted molar refractivity (Wildman–Crippen MR) is 63.3 cm³/mol. The van der Waals surface area contributed by atoms with Crippen LogP contribution in [0.3, 0.4) is 0 Å². The van der Waals surface area contributed by atoms with Crippen LogP contribution in [-0.2, 0) is 4.74 Å². The Morgan fingerprint density at radius 1 is 1.44 bits per heavy atom. The first-order valence-electron chi connectivity index (χ1n) is 6.22. The molecule has 18 heavy (non-hydrogen) atoms. The molecule has 1 saturated carbocycles. The number of aromatic amines is 1. The normalized spacial score (nSPS) is 34.8. The number of hydrogen-bond acceptors (Lipinski definition) is 4. The van der Waals surface area contributed by atoms with Crippen molar-refractivity contribution in [2.24, 2.45) is 5.92 Å². The monoisotopic (exact) mass is 252 g/mol. The molecule has 1 unspecified atom stereocenters. The average molecular weight is 252 g/mol. The van der Waals surface area contributed by atoms with Gasteiger partial charge in [-0.2, -0.15) is 0 Å². The minimum atomic E-state index is -0.454. The summed E-state index contributed by atoms with van der Waals surface area (Å²) in [6.45, 7) is 1.65. The van der Waals surface area contributed by atoms with E-state index >= 15 is 0 Å². The molecule has 0 amide bonds. The molecule has 2 aliphatic rings. The zero-order valence-corrected chi connectivity index (χ0v) is 10.1. The van der Waals surface area contributed by atoms with Gasteiger partial charge in [-0.05, 0) is 32.1 Å². The van der Waals surface area contributed by atoms with Gasteiger partial charge < -0.3 is 9.84 Å². The molecule has 0 radical (unpaired) electrons. The van der Waals surface area contributed by atoms with Crippen LogP contribution in [0.15, 0.2) is 15.8 Å². The highest BCUT2D eigenvalue weighted by Crippen LogP contribution is 2.42. The summed E-state index contributed by atoms with van der Waals surface area (Å²) in [6.07, 6.45) is 2.96. The van der Waals surface area contributed by atoms with E-state index in [4.69, 9.17) is 4.74 Å². The van der Waals surface area contributed by atoms with Gasteiger partial charge >= 0.3 is 5.69 Å². The lowest BCUT2D eigenvalue weighted by Gasteiger charge is -2.17. The topological polar surface area (TPSA) is 84.3 Å². The molecule has 98 valence electrons. The van der Waals surface area contributed by atoms with Crippen molar-refractivity contribution in [2.45, 2.75) is 44.6 Å². The summed E-state index contributed by atoms with van der Waals surface area (Å²) in [5, 5.41) is 9.76. The van der Waals surface area contributed by atoms with Gasteiger partial charge in [0.25, 0.3) is 5.56 Å². The minimum Gasteiger partial charge on any atom is -0.390 e. The number of aromatic nitrogens is 2. The van der Waals surface area contributed by atoms with Crippen LogP contribution >= 0.6 is 0 Å². The zero-order valence-electron chi connectivity index (χ0n) is 10.1. The SMILES string of the molecule is Cc1cn(C2C[C@H]3CC[C@@H](O)[C@H]3O2)c(=O)[nH]c1=O. The van der Waals surface area contributed by atoms with Gasteiger partial charge in [0.15, 0.2) is 0 Å². The molecule has 2 heterocycles. The fraction of sp³-hybridized carbons (Fsp3) is 0.667. The first kappa shape index (κ1) is 11.7. The molecule has 1 saturated heterocycles. The van der Waals surface area contributed by atoms with Crippen molar-refractivity contribution in [2.75, 3.05) is 0 Å². The van der Waals surface area contributed by atoms with E-state index in [1.54, 1.807) is 6.92 Å². The zero-order chi connectivity index (χ0) is 12.9. The van der Waals surface area contributed by atoms with Crippen molar-refractivity contribution in [3.63, 3.8) is 0 Å². The third-order valence-corrected chi connectivity index (χ3v) is 3.95. The molecule has 1 aliphatic carbocycles. The second-order valence-corrected chi connectivity index (χ2v) is 5.17. The quantitative estimate of drug-likeness (QED) is 0.731. The number of hydrogen-bond donors (Lipinski definition) is 2. The Morgan fingerprint density at radius 3 is 2.94 bits per heavy atom. The van der Waals surface area contributed by atoms with Gasteiger partial charge in [-0.15, -0.1) is 0 Å². The summed E-state index contributed by atoms with van der Waals surface area (Å²) in [5.74, 6) is 0.309. The van der Waals surface area contributed by atoms with E-state index in [0.717, 1.165) is 12.8 Å². The van der Waals surface area contributed by atoms with Gasteiger partial charge in [-0.25, -0.2) is 4.79 Å². The van der Waals surface area contributed by atoms with E-state index in [0.29, 0.717) is 17.9 Å². The Morgan fingerprint density at radius 2 is 2.22 bits per heavy atom. The number of H-pyrrole nitrogens is 1. The maximum atomic E-state index is 11.7. The van der Waals surface area contributed by atoms with Gasteiger partial charge in [-0.1, -0.05) is 0 Å². The highest BCUT2D eigenvalue weighted by Gasteiger charge is 2.44. The molecule has 0 aromatic carbocycles. The molecular weight excluding hydrogens is 236 g/mol. The molecule has 3 rings (SSSR count). The number of aryl methyl sites for hydroxylation is 1. The number of nitrogens with one attached hydrogen (secondary N) is 1. The molecule has 6 nitrogen and oxygen atoms in total. The summed E-state index contributed by atoms with van der Waals surface area (Å²) in [6, 6.07) is 0. The Kier molecular flexibility index (Phi) is 2.64. The summed E-state index contributed by atoms with van der Waals surface area (Å²) in [7, 11) is 0. The van der Waals surface area contributed by atoms with Gasteiger partial charge in [0.2, 0.25) is 0 Å². The third kappa shape index (κ3) is 1.72. The van der Waals surface area contributed by atoms with E-state index in [1.807, 2.05) is 0 Å². The van der Waals surface area contributed by atoms with Crippen molar-refractivity contribution in [3.05, 3.63) is 32.6 Å². The van der Waals surface area contributed by atoms with Crippen LogP contribution in [0.4, 0.5) is 0 Å². The van der Waals surface area contributed by atoms with Crippen molar-refractivity contribution < 1.29 is 9.84 Å². The molecular formula is C12H16N2O4. The first-order valence-corrected chi connectivity index (χ1v) is 6.22. The number of nitrogens with zero attached hydrogens (tertiary/aromatic N) is 1. The molecule has 2 N–H and O–H groups in total. The van der Waals surface area contributed by atoms with Crippen molar-refractivity contribution in [1.82, 2.24) is 9.55 Å². The van der Waals surface area contributed by atoms with Crippen molar-refractivity contribution in [3.8, 4) is 0 Å². The lowest BCUT2D eigenvalue weighted by Crippen LogP contribution is -2.34. The van der Waals surface area contributed by atoms with Gasteiger partial charge in [-0.3, -0.25) is 14.3 Å². The van der Waals surface area contributed by atoms with Crippen LogP contribution in [0.25, 0.3) is 0 Å². The molecule has 1 aliphatic heterocycles. The van der Waals surface area contributed by atoms with Gasteiger partial charge in [0, 0.05) is 11.8 Å². The third-order valence-electron chi connectivity index (χ3n) is 3.95. The maximum Gasteiger partial charge on any atom is 0.330 e. The fourth-order valence-electron chi connectivity index (χ4n) is 2.96. The van der Waals surface area contributed by atoms with E-state index in [2.05, 4.69) is 4.98 Å². The smallest absolute Gasteiger partial charge is 0.330 e. The molecule has 6 heteroatoms. The van der Waals surface area contributed by atoms with Crippen LogP contribution in [0, 0.1) is 12.8 Å². The Hall–Kier alpha value is -1.40. The van der Waals surface area contributed by atoms with Crippen molar-refractivity contribution >= 4 is 0 Å². The Balaban J connectivity index is 1.92. The van der Waals surface area contributed by atoms with E-state index in [-0.39, 0.29) is 17.9 Å². The molecule has 0 bridgehead atoms. The number of ether oxygens (including phenoxy) is 1. The van der Waals surface area contributed by atoms with Crippen molar-refractivity contribution in [1.29, 1.82) is 0 Å². The highest BCUT2D eigenvalue weighted by atomic mass is 16.5. The van der Waals surface area contributed by atoms with Crippen LogP contribution in [0.1, 0.15) is 31.1 Å². The highest BCUT2D eigenvalue weighted by molar-refractivity contribution is 5.02. The number of aliphatic hydroxyl groups excluding tert-OH is 1. The van der Waals surface area contributed by atoms with Crippen LogP contribution in [-0.4, -0.2) is 26.9 Å². The fourth-order valence-corrected chi connectivity index (χ4v) is 2.96. The van der Waals surface area contributed by atoms with Crippen LogP contribution in [0.2, 0.25) is 0 Å². The molecule has 0 spiro atoms. The maximum absolute atomic E-state index is 11.7. The first-order chi connectivity index (χ1) is 8.56. The molecule has 1 aromatic rings. The summed E-state index contributed by atoms with van der Waals surface area (Å²) in [4.78, 5) is 25.3. The van der Waals surface area contributed by atoms with Gasteiger partial charge in [0.1, 0.15) is 6.23 Å². The Labute approximate surface area is 103 Å². The second kappa shape index (κ2) is 4.07. The summed E-state index contributed by atoms with van der Waals surface area (Å²) >= 11 is 0. The summed E-state index contributed by atoms with van der Waals surface area (Å²) in [5.41, 5.74) is -0.338. The molecule has 2 fully saturated rings. The molecule has 1 aromatic heterocycles. The van der Waals surface area contributed by atoms with E-state index < -0.39 is 11.8 Å². The number of fused-ring (bicyclic) bond motifs is 1. The minimum absolute atomic E-state index is 0.172. The van der Waals surface area contributed by atoms with Gasteiger partial charge in [0.05, 0.1) is 12.2 Å². The van der Waals surface area contributed by atoms with E-state index in [9.17, 15) is 14.7 Å². The van der Waals surface area contributed by atoms with Crippen LogP contribution < -0.4 is 11.2 Å².